The van der Waals surface area contributed by atoms with Crippen LogP contribution < -0.4 is 10.2 Å². The Balaban J connectivity index is 1.39. The number of nitrogens with one attached hydrogen (secondary N) is 1. The largest absolute Gasteiger partial charge is 0.351 e. The van der Waals surface area contributed by atoms with E-state index in [1.807, 2.05) is 24.3 Å². The van der Waals surface area contributed by atoms with Crippen molar-refractivity contribution in [3.05, 3.63) is 24.3 Å². The van der Waals surface area contributed by atoms with Gasteiger partial charge in [-0.15, -0.1) is 0 Å². The van der Waals surface area contributed by atoms with Crippen LogP contribution in [0.3, 0.4) is 0 Å². The maximum Gasteiger partial charge on any atom is 0.257 e. The summed E-state index contributed by atoms with van der Waals surface area (Å²) in [5.74, 6) is 2.36. The number of amides is 2. The molecule has 0 aromatic heterocycles. The highest BCUT2D eigenvalue weighted by molar-refractivity contribution is 8.02. The Hall–Kier alpha value is -1.49. The number of carbonyl (C=O) groups excluding carboxylic acids is 2. The van der Waals surface area contributed by atoms with Crippen LogP contribution in [0.1, 0.15) is 45.4 Å². The van der Waals surface area contributed by atoms with Gasteiger partial charge in [0.05, 0.1) is 5.69 Å². The molecule has 0 radical (unpaired) electrons. The second-order valence-electron chi connectivity index (χ2n) is 8.18. The molecule has 5 heteroatoms. The molecule has 0 unspecified atom stereocenters. The van der Waals surface area contributed by atoms with Crippen molar-refractivity contribution >= 4 is 29.3 Å². The quantitative estimate of drug-likeness (QED) is 0.901. The van der Waals surface area contributed by atoms with Gasteiger partial charge in [-0.2, -0.15) is 0 Å². The summed E-state index contributed by atoms with van der Waals surface area (Å²) in [5.41, 5.74) is 0.901. The van der Waals surface area contributed by atoms with Crippen molar-refractivity contribution in [3.8, 4) is 0 Å². The molecule has 2 bridgehead atoms. The highest BCUT2D eigenvalue weighted by atomic mass is 32.2. The van der Waals surface area contributed by atoms with E-state index < -0.39 is 4.87 Å². The van der Waals surface area contributed by atoms with Gasteiger partial charge in [-0.1, -0.05) is 30.3 Å². The number of rotatable bonds is 3. The number of thioether (sulfide) groups is 1. The molecule has 3 fully saturated rings. The Morgan fingerprint density at radius 3 is 2.92 bits per heavy atom. The number of para-hydroxylation sites is 1. The van der Waals surface area contributed by atoms with E-state index in [2.05, 4.69) is 12.2 Å². The van der Waals surface area contributed by atoms with Crippen LogP contribution in [-0.4, -0.2) is 22.7 Å². The van der Waals surface area contributed by atoms with Crippen molar-refractivity contribution < 1.29 is 9.59 Å². The fourth-order valence-electron chi connectivity index (χ4n) is 5.63. The number of anilines is 1. The molecule has 5 rings (SSSR count). The third-order valence-electron chi connectivity index (χ3n) is 6.82. The molecule has 0 spiro atoms. The summed E-state index contributed by atoms with van der Waals surface area (Å²) in [4.78, 5) is 27.8. The minimum Gasteiger partial charge on any atom is -0.351 e. The smallest absolute Gasteiger partial charge is 0.257 e. The van der Waals surface area contributed by atoms with E-state index in [-0.39, 0.29) is 17.9 Å². The fourth-order valence-corrected chi connectivity index (χ4v) is 7.05. The Kier molecular flexibility index (Phi) is 3.46. The van der Waals surface area contributed by atoms with Gasteiger partial charge in [-0.25, -0.2) is 0 Å². The van der Waals surface area contributed by atoms with Crippen LogP contribution >= 0.6 is 11.8 Å². The van der Waals surface area contributed by atoms with Crippen LogP contribution in [0.2, 0.25) is 0 Å². The number of benzene rings is 1. The van der Waals surface area contributed by atoms with Gasteiger partial charge in [-0.3, -0.25) is 14.5 Å². The maximum absolute atomic E-state index is 13.3. The zero-order valence-corrected chi connectivity index (χ0v) is 15.3. The maximum atomic E-state index is 13.3. The SMILES string of the molecule is C[C@H](NC(=O)[C@]12CCC(=O)N1c1ccccc1S2)[C@@H]1C[C@H]2CC[C@H]1C2. The summed E-state index contributed by atoms with van der Waals surface area (Å²) < 4.78 is 0. The van der Waals surface area contributed by atoms with E-state index in [1.165, 1.54) is 25.7 Å². The zero-order valence-electron chi connectivity index (χ0n) is 14.5. The van der Waals surface area contributed by atoms with Crippen molar-refractivity contribution in [1.29, 1.82) is 0 Å². The summed E-state index contributed by atoms with van der Waals surface area (Å²) in [6, 6.07) is 8.08. The van der Waals surface area contributed by atoms with Gasteiger partial charge in [-0.05, 0) is 62.5 Å². The van der Waals surface area contributed by atoms with Gasteiger partial charge in [0.25, 0.3) is 5.91 Å². The Morgan fingerprint density at radius 2 is 2.16 bits per heavy atom. The number of nitrogens with zero attached hydrogens (tertiary/aromatic N) is 1. The van der Waals surface area contributed by atoms with Gasteiger partial charge in [0, 0.05) is 17.4 Å². The lowest BCUT2D eigenvalue weighted by Crippen LogP contribution is -2.55. The Morgan fingerprint density at radius 1 is 1.32 bits per heavy atom. The number of hydrogen-bond donors (Lipinski definition) is 1. The van der Waals surface area contributed by atoms with Gasteiger partial charge < -0.3 is 5.32 Å². The molecule has 1 aromatic rings. The lowest BCUT2D eigenvalue weighted by molar-refractivity contribution is -0.125. The second kappa shape index (κ2) is 5.50. The van der Waals surface area contributed by atoms with E-state index in [4.69, 9.17) is 0 Å². The highest BCUT2D eigenvalue weighted by Gasteiger charge is 2.57. The second-order valence-corrected chi connectivity index (χ2v) is 9.50. The van der Waals surface area contributed by atoms with Gasteiger partial charge in [0.2, 0.25) is 5.91 Å². The van der Waals surface area contributed by atoms with E-state index in [0.29, 0.717) is 18.8 Å². The van der Waals surface area contributed by atoms with Crippen molar-refractivity contribution in [2.24, 2.45) is 17.8 Å². The Labute approximate surface area is 152 Å². The molecular weight excluding hydrogens is 332 g/mol. The normalized spacial score (nSPS) is 36.4. The molecule has 132 valence electrons. The molecule has 2 aliphatic carbocycles. The molecule has 2 heterocycles. The molecule has 2 amide bonds. The molecule has 1 saturated heterocycles. The van der Waals surface area contributed by atoms with Crippen LogP contribution in [-0.2, 0) is 9.59 Å². The molecule has 1 N–H and O–H groups in total. The molecule has 4 nitrogen and oxygen atoms in total. The topological polar surface area (TPSA) is 49.4 Å². The molecule has 2 aliphatic heterocycles. The molecule has 4 aliphatic rings. The molecular formula is C20H24N2O2S. The summed E-state index contributed by atoms with van der Waals surface area (Å²) >= 11 is 1.56. The van der Waals surface area contributed by atoms with Gasteiger partial charge >= 0.3 is 0 Å². The lowest BCUT2D eigenvalue weighted by Gasteiger charge is -2.34. The average molecular weight is 356 g/mol. The van der Waals surface area contributed by atoms with E-state index >= 15 is 0 Å². The predicted molar refractivity (Wildman–Crippen MR) is 98.3 cm³/mol. The fraction of sp³-hybridized carbons (Fsp3) is 0.600. The minimum atomic E-state index is -0.771. The molecule has 2 saturated carbocycles. The average Bonchev–Trinajstić information content (AvgIpc) is 3.35. The van der Waals surface area contributed by atoms with Crippen LogP contribution in [0.4, 0.5) is 5.69 Å². The standard InChI is InChI=1S/C20H24N2O2S/c1-12(15-11-13-6-7-14(15)10-13)21-19(24)20-9-8-18(23)22(20)16-4-2-3-5-17(16)25-20/h2-5,12-15H,6-11H2,1H3,(H,21,24)/t12-,13-,14-,15-,20+/m0/s1. The first-order valence-electron chi connectivity index (χ1n) is 9.50. The number of carbonyl (C=O) groups is 2. The minimum absolute atomic E-state index is 0.0230. The summed E-state index contributed by atoms with van der Waals surface area (Å²) in [6.07, 6.45) is 6.36. The van der Waals surface area contributed by atoms with E-state index in [1.54, 1.807) is 16.7 Å². The molecule has 1 aromatic carbocycles. The third-order valence-corrected chi connectivity index (χ3v) is 8.30. The lowest BCUT2D eigenvalue weighted by atomic mass is 9.84. The van der Waals surface area contributed by atoms with Crippen LogP contribution in [0.25, 0.3) is 0 Å². The van der Waals surface area contributed by atoms with Crippen molar-refractivity contribution in [2.75, 3.05) is 4.90 Å². The zero-order chi connectivity index (χ0) is 17.2. The first-order valence-corrected chi connectivity index (χ1v) is 10.3. The van der Waals surface area contributed by atoms with E-state index in [0.717, 1.165) is 22.4 Å². The number of fused-ring (bicyclic) bond motifs is 5. The molecule has 25 heavy (non-hydrogen) atoms. The molecule has 5 atom stereocenters. The summed E-state index contributed by atoms with van der Waals surface area (Å²) in [5, 5.41) is 3.31. The van der Waals surface area contributed by atoms with Crippen molar-refractivity contribution in [3.63, 3.8) is 0 Å². The van der Waals surface area contributed by atoms with Gasteiger partial charge in [0.15, 0.2) is 4.87 Å². The van der Waals surface area contributed by atoms with Crippen LogP contribution in [0.15, 0.2) is 29.2 Å². The summed E-state index contributed by atoms with van der Waals surface area (Å²) in [7, 11) is 0. The van der Waals surface area contributed by atoms with Crippen molar-refractivity contribution in [2.45, 2.75) is 61.3 Å². The summed E-state index contributed by atoms with van der Waals surface area (Å²) in [6.45, 7) is 2.16. The highest BCUT2D eigenvalue weighted by Crippen LogP contribution is 2.56. The predicted octanol–water partition coefficient (Wildman–Crippen LogP) is 3.56. The van der Waals surface area contributed by atoms with Crippen molar-refractivity contribution in [1.82, 2.24) is 5.32 Å². The number of hydrogen-bond acceptors (Lipinski definition) is 3. The van der Waals surface area contributed by atoms with E-state index in [9.17, 15) is 9.59 Å². The van der Waals surface area contributed by atoms with Crippen LogP contribution in [0, 0.1) is 17.8 Å². The van der Waals surface area contributed by atoms with Crippen LogP contribution in [0.5, 0.6) is 0 Å². The van der Waals surface area contributed by atoms with Gasteiger partial charge in [0.1, 0.15) is 0 Å². The third kappa shape index (κ3) is 2.21. The first kappa shape index (κ1) is 15.7. The monoisotopic (exact) mass is 356 g/mol. The first-order chi connectivity index (χ1) is 12.1. The Bertz CT molecular complexity index is 751.